The van der Waals surface area contributed by atoms with Crippen molar-refractivity contribution in [2.45, 2.75) is 17.1 Å². The van der Waals surface area contributed by atoms with E-state index in [0.717, 1.165) is 4.21 Å². The van der Waals surface area contributed by atoms with Gasteiger partial charge in [0.2, 0.25) is 5.91 Å². The maximum absolute atomic E-state index is 11.4. The summed E-state index contributed by atoms with van der Waals surface area (Å²) in [6, 6.07) is 0. The molecule has 1 rings (SSSR count). The fraction of sp³-hybridized carbons (Fsp3) is 0.500. The largest absolute Gasteiger partial charge is 0.469 e. The summed E-state index contributed by atoms with van der Waals surface area (Å²) in [5, 5.41) is 3.22. The fourth-order valence-electron chi connectivity index (χ4n) is 1.09. The number of rotatable bonds is 7. The fourth-order valence-corrected chi connectivity index (χ4v) is 2.68. The van der Waals surface area contributed by atoms with E-state index in [1.807, 2.05) is 0 Å². The third-order valence-corrected chi connectivity index (χ3v) is 3.98. The topological polar surface area (TPSA) is 94.3 Å². The Hall–Kier alpha value is -1.28. The van der Waals surface area contributed by atoms with E-state index in [9.17, 15) is 9.59 Å². The summed E-state index contributed by atoms with van der Waals surface area (Å²) in [5.74, 6) is -0.0181. The third kappa shape index (κ3) is 5.87. The van der Waals surface area contributed by atoms with Gasteiger partial charge in [0, 0.05) is 13.0 Å². The molecule has 100 valence electrons. The summed E-state index contributed by atoms with van der Waals surface area (Å²) in [5.41, 5.74) is 5.47. The van der Waals surface area contributed by atoms with Gasteiger partial charge in [0.1, 0.15) is 0 Å². The highest BCUT2D eigenvalue weighted by Crippen LogP contribution is 2.25. The van der Waals surface area contributed by atoms with E-state index in [-0.39, 0.29) is 11.9 Å². The number of thiazole rings is 1. The maximum atomic E-state index is 11.4. The van der Waals surface area contributed by atoms with Crippen molar-refractivity contribution in [3.05, 3.63) is 6.20 Å². The van der Waals surface area contributed by atoms with Gasteiger partial charge in [-0.3, -0.25) is 9.59 Å². The zero-order chi connectivity index (χ0) is 13.4. The molecule has 0 spiro atoms. The molecule has 0 radical (unpaired) electrons. The predicted octanol–water partition coefficient (Wildman–Crippen LogP) is 0.887. The number of ether oxygens (including phenoxy) is 1. The highest BCUT2D eigenvalue weighted by Gasteiger charge is 2.05. The average Bonchev–Trinajstić information content (AvgIpc) is 2.77. The number of carbonyl (C=O) groups excluding carboxylic acids is 2. The van der Waals surface area contributed by atoms with Crippen LogP contribution in [-0.2, 0) is 14.3 Å². The number of nitrogens with one attached hydrogen (secondary N) is 1. The minimum atomic E-state index is -0.265. The highest BCUT2D eigenvalue weighted by atomic mass is 32.2. The number of thioether (sulfide) groups is 1. The summed E-state index contributed by atoms with van der Waals surface area (Å²) in [4.78, 5) is 26.1. The van der Waals surface area contributed by atoms with Crippen molar-refractivity contribution >= 4 is 40.1 Å². The van der Waals surface area contributed by atoms with E-state index < -0.39 is 0 Å². The Kier molecular flexibility index (Phi) is 6.51. The Morgan fingerprint density at radius 2 is 2.39 bits per heavy atom. The van der Waals surface area contributed by atoms with Crippen molar-refractivity contribution in [3.63, 3.8) is 0 Å². The molecule has 0 aliphatic rings. The molecule has 0 fully saturated rings. The maximum Gasteiger partial charge on any atom is 0.305 e. The summed E-state index contributed by atoms with van der Waals surface area (Å²) in [6.45, 7) is 0.472. The Balaban J connectivity index is 2.09. The first-order chi connectivity index (χ1) is 8.61. The first kappa shape index (κ1) is 14.8. The first-order valence-electron chi connectivity index (χ1n) is 5.29. The number of hydrogen-bond donors (Lipinski definition) is 2. The van der Waals surface area contributed by atoms with Crippen LogP contribution in [0.5, 0.6) is 0 Å². The molecule has 0 unspecified atom stereocenters. The Morgan fingerprint density at radius 1 is 1.61 bits per heavy atom. The summed E-state index contributed by atoms with van der Waals surface area (Å²) in [7, 11) is 1.35. The number of nitrogens with two attached hydrogens (primary N) is 1. The number of nitrogen functional groups attached to an aromatic ring is 1. The first-order valence-corrected chi connectivity index (χ1v) is 7.09. The second-order valence-electron chi connectivity index (χ2n) is 3.34. The Morgan fingerprint density at radius 3 is 3.00 bits per heavy atom. The lowest BCUT2D eigenvalue weighted by Gasteiger charge is -2.03. The van der Waals surface area contributed by atoms with Gasteiger partial charge >= 0.3 is 5.97 Å². The highest BCUT2D eigenvalue weighted by molar-refractivity contribution is 8.01. The molecule has 0 aliphatic heterocycles. The van der Waals surface area contributed by atoms with Crippen molar-refractivity contribution < 1.29 is 14.3 Å². The third-order valence-electron chi connectivity index (χ3n) is 1.96. The minimum Gasteiger partial charge on any atom is -0.469 e. The number of methoxy groups -OCH3 is 1. The van der Waals surface area contributed by atoms with E-state index in [1.54, 1.807) is 6.20 Å². The lowest BCUT2D eigenvalue weighted by atomic mass is 10.3. The summed E-state index contributed by atoms with van der Waals surface area (Å²) < 4.78 is 5.41. The summed E-state index contributed by atoms with van der Waals surface area (Å²) in [6.07, 6.45) is 2.54. The molecule has 1 aromatic heterocycles. The van der Waals surface area contributed by atoms with Gasteiger partial charge < -0.3 is 15.8 Å². The predicted molar refractivity (Wildman–Crippen MR) is 71.5 cm³/mol. The van der Waals surface area contributed by atoms with Crippen LogP contribution < -0.4 is 11.1 Å². The number of hydrogen-bond acceptors (Lipinski definition) is 7. The number of aromatic nitrogens is 1. The Bertz CT molecular complexity index is 409. The molecule has 0 atom stereocenters. The molecule has 6 nitrogen and oxygen atoms in total. The molecule has 18 heavy (non-hydrogen) atoms. The van der Waals surface area contributed by atoms with Crippen LogP contribution in [0.4, 0.5) is 5.13 Å². The SMILES string of the molecule is COC(=O)CCCNC(=O)CSc1cnc(N)s1. The van der Waals surface area contributed by atoms with Crippen molar-refractivity contribution in [2.24, 2.45) is 0 Å². The monoisotopic (exact) mass is 289 g/mol. The van der Waals surface area contributed by atoms with Gasteiger partial charge in [-0.1, -0.05) is 11.3 Å². The zero-order valence-electron chi connectivity index (χ0n) is 9.97. The summed E-state index contributed by atoms with van der Waals surface area (Å²) >= 11 is 2.74. The molecule has 1 heterocycles. The molecule has 1 aromatic rings. The lowest BCUT2D eigenvalue weighted by Crippen LogP contribution is -2.26. The molecular formula is C10H15N3O3S2. The van der Waals surface area contributed by atoms with Crippen molar-refractivity contribution in [2.75, 3.05) is 25.1 Å². The number of anilines is 1. The number of nitrogens with zero attached hydrogens (tertiary/aromatic N) is 1. The molecule has 3 N–H and O–H groups in total. The van der Waals surface area contributed by atoms with Gasteiger partial charge in [0.25, 0.3) is 0 Å². The van der Waals surface area contributed by atoms with Gasteiger partial charge in [-0.15, -0.1) is 11.8 Å². The van der Waals surface area contributed by atoms with Gasteiger partial charge in [0.15, 0.2) is 5.13 Å². The molecule has 0 bridgehead atoms. The van der Waals surface area contributed by atoms with E-state index >= 15 is 0 Å². The van der Waals surface area contributed by atoms with Crippen LogP contribution >= 0.6 is 23.1 Å². The molecule has 0 saturated heterocycles. The van der Waals surface area contributed by atoms with Gasteiger partial charge in [0.05, 0.1) is 23.3 Å². The second kappa shape index (κ2) is 7.93. The minimum absolute atomic E-state index is 0.0724. The lowest BCUT2D eigenvalue weighted by molar-refractivity contribution is -0.140. The molecule has 0 saturated carbocycles. The van der Waals surface area contributed by atoms with Crippen LogP contribution in [0.1, 0.15) is 12.8 Å². The second-order valence-corrected chi connectivity index (χ2v) is 5.67. The van der Waals surface area contributed by atoms with Crippen molar-refractivity contribution in [1.82, 2.24) is 10.3 Å². The van der Waals surface area contributed by atoms with Crippen LogP contribution in [0.2, 0.25) is 0 Å². The standard InChI is InChI=1S/C10H15N3O3S2/c1-16-8(15)3-2-4-12-7(14)6-17-9-5-13-10(11)18-9/h5H,2-4,6H2,1H3,(H2,11,13)(H,12,14). The van der Waals surface area contributed by atoms with Gasteiger partial charge in [-0.05, 0) is 6.42 Å². The normalized spacial score (nSPS) is 10.1. The molecule has 0 aromatic carbocycles. The van der Waals surface area contributed by atoms with Crippen molar-refractivity contribution in [3.8, 4) is 0 Å². The van der Waals surface area contributed by atoms with Crippen molar-refractivity contribution in [1.29, 1.82) is 0 Å². The molecular weight excluding hydrogens is 274 g/mol. The van der Waals surface area contributed by atoms with Crippen LogP contribution in [0, 0.1) is 0 Å². The van der Waals surface area contributed by atoms with E-state index in [2.05, 4.69) is 15.0 Å². The molecule has 0 aliphatic carbocycles. The quantitative estimate of drug-likeness (QED) is 0.440. The van der Waals surface area contributed by atoms with E-state index in [1.165, 1.54) is 30.2 Å². The molecule has 8 heteroatoms. The number of esters is 1. The van der Waals surface area contributed by atoms with Gasteiger partial charge in [-0.25, -0.2) is 4.98 Å². The van der Waals surface area contributed by atoms with Crippen LogP contribution in [-0.4, -0.2) is 36.3 Å². The van der Waals surface area contributed by atoms with Crippen LogP contribution in [0.25, 0.3) is 0 Å². The average molecular weight is 289 g/mol. The molecule has 1 amide bonds. The van der Waals surface area contributed by atoms with E-state index in [0.29, 0.717) is 30.3 Å². The van der Waals surface area contributed by atoms with Crippen LogP contribution in [0.15, 0.2) is 10.4 Å². The number of carbonyl (C=O) groups is 2. The van der Waals surface area contributed by atoms with Gasteiger partial charge in [-0.2, -0.15) is 0 Å². The van der Waals surface area contributed by atoms with E-state index in [4.69, 9.17) is 5.73 Å². The zero-order valence-corrected chi connectivity index (χ0v) is 11.6. The number of amides is 1. The smallest absolute Gasteiger partial charge is 0.305 e. The van der Waals surface area contributed by atoms with Crippen LogP contribution in [0.3, 0.4) is 0 Å². The Labute approximate surface area is 113 Å².